The number of alkyl halides is 1. The van der Waals surface area contributed by atoms with Crippen molar-refractivity contribution in [3.8, 4) is 0 Å². The Morgan fingerprint density at radius 2 is 2.23 bits per heavy atom. The van der Waals surface area contributed by atoms with Crippen molar-refractivity contribution in [3.63, 3.8) is 0 Å². The van der Waals surface area contributed by atoms with Gasteiger partial charge in [-0.2, -0.15) is 0 Å². The average molecular weight is 308 g/mol. The number of rotatable bonds is 3. The largest absolute Gasteiger partial charge is 0.356 e. The standard InChI is InChI=1S/C9H12Br2N2/c1-7(5-10)13(2)9-4-3-8(11)6-12-9/h3-4,6-7H,5H2,1-2H3. The number of hydrogen-bond acceptors (Lipinski definition) is 2. The Morgan fingerprint density at radius 3 is 2.69 bits per heavy atom. The highest BCUT2D eigenvalue weighted by Gasteiger charge is 2.08. The minimum Gasteiger partial charge on any atom is -0.356 e. The molecule has 0 amide bonds. The molecule has 13 heavy (non-hydrogen) atoms. The van der Waals surface area contributed by atoms with Gasteiger partial charge in [0.15, 0.2) is 0 Å². The van der Waals surface area contributed by atoms with Crippen molar-refractivity contribution < 1.29 is 0 Å². The third-order valence-electron chi connectivity index (χ3n) is 1.96. The van der Waals surface area contributed by atoms with E-state index in [0.717, 1.165) is 15.6 Å². The summed E-state index contributed by atoms with van der Waals surface area (Å²) < 4.78 is 1.01. The van der Waals surface area contributed by atoms with Crippen LogP contribution in [-0.2, 0) is 0 Å². The third-order valence-corrected chi connectivity index (χ3v) is 3.36. The number of halogens is 2. The highest BCUT2D eigenvalue weighted by atomic mass is 79.9. The lowest BCUT2D eigenvalue weighted by molar-refractivity contribution is 0.757. The zero-order valence-corrected chi connectivity index (χ0v) is 10.8. The van der Waals surface area contributed by atoms with Crippen molar-refractivity contribution in [2.24, 2.45) is 0 Å². The molecule has 0 N–H and O–H groups in total. The van der Waals surface area contributed by atoms with E-state index < -0.39 is 0 Å². The molecule has 0 saturated carbocycles. The summed E-state index contributed by atoms with van der Waals surface area (Å²) >= 11 is 6.81. The predicted octanol–water partition coefficient (Wildman–Crippen LogP) is 3.06. The molecule has 0 aromatic carbocycles. The third kappa shape index (κ3) is 2.95. The molecule has 0 radical (unpaired) electrons. The van der Waals surface area contributed by atoms with Crippen LogP contribution in [-0.4, -0.2) is 23.4 Å². The fourth-order valence-corrected chi connectivity index (χ4v) is 1.57. The van der Waals surface area contributed by atoms with Gasteiger partial charge < -0.3 is 4.90 Å². The van der Waals surface area contributed by atoms with Gasteiger partial charge >= 0.3 is 0 Å². The van der Waals surface area contributed by atoms with Crippen LogP contribution in [0.2, 0.25) is 0 Å². The Hall–Kier alpha value is -0.0900. The van der Waals surface area contributed by atoms with E-state index in [1.165, 1.54) is 0 Å². The molecule has 0 spiro atoms. The molecule has 0 aliphatic heterocycles. The molecule has 4 heteroatoms. The van der Waals surface area contributed by atoms with Crippen LogP contribution < -0.4 is 4.90 Å². The van der Waals surface area contributed by atoms with Crippen molar-refractivity contribution in [2.45, 2.75) is 13.0 Å². The molecule has 1 aromatic heterocycles. The molecule has 0 fully saturated rings. The molecule has 2 nitrogen and oxygen atoms in total. The summed E-state index contributed by atoms with van der Waals surface area (Å²) in [4.78, 5) is 6.45. The number of aromatic nitrogens is 1. The zero-order chi connectivity index (χ0) is 9.84. The summed E-state index contributed by atoms with van der Waals surface area (Å²) in [5.74, 6) is 0.996. The van der Waals surface area contributed by atoms with Crippen LogP contribution in [0.4, 0.5) is 5.82 Å². The summed E-state index contributed by atoms with van der Waals surface area (Å²) in [7, 11) is 2.04. The zero-order valence-electron chi connectivity index (χ0n) is 7.67. The highest BCUT2D eigenvalue weighted by Crippen LogP contribution is 2.15. The van der Waals surface area contributed by atoms with Crippen molar-refractivity contribution >= 4 is 37.7 Å². The smallest absolute Gasteiger partial charge is 0.128 e. The van der Waals surface area contributed by atoms with Gasteiger partial charge in [-0.1, -0.05) is 15.9 Å². The van der Waals surface area contributed by atoms with E-state index >= 15 is 0 Å². The van der Waals surface area contributed by atoms with Gasteiger partial charge in [-0.05, 0) is 35.0 Å². The van der Waals surface area contributed by atoms with E-state index in [9.17, 15) is 0 Å². The predicted molar refractivity (Wildman–Crippen MR) is 63.6 cm³/mol. The Bertz CT molecular complexity index is 261. The van der Waals surface area contributed by atoms with Crippen molar-refractivity contribution in [2.75, 3.05) is 17.3 Å². The monoisotopic (exact) mass is 306 g/mol. The molecule has 1 unspecified atom stereocenters. The Morgan fingerprint density at radius 1 is 1.54 bits per heavy atom. The van der Waals surface area contributed by atoms with E-state index in [1.54, 1.807) is 0 Å². The maximum atomic E-state index is 4.31. The van der Waals surface area contributed by atoms with Crippen LogP contribution in [0.15, 0.2) is 22.8 Å². The number of pyridine rings is 1. The van der Waals surface area contributed by atoms with Crippen molar-refractivity contribution in [1.29, 1.82) is 0 Å². The van der Waals surface area contributed by atoms with Gasteiger partial charge in [0, 0.05) is 29.1 Å². The number of nitrogens with zero attached hydrogens (tertiary/aromatic N) is 2. The minimum atomic E-state index is 0.452. The lowest BCUT2D eigenvalue weighted by Crippen LogP contribution is -2.30. The van der Waals surface area contributed by atoms with Crippen LogP contribution in [0.3, 0.4) is 0 Å². The molecule has 0 aliphatic carbocycles. The molecule has 1 aromatic rings. The molecule has 0 aliphatic rings. The van der Waals surface area contributed by atoms with E-state index in [-0.39, 0.29) is 0 Å². The molecule has 1 rings (SSSR count). The Kier molecular flexibility index (Phi) is 4.19. The molecule has 1 heterocycles. The average Bonchev–Trinajstić information content (AvgIpc) is 2.17. The van der Waals surface area contributed by atoms with Crippen LogP contribution in [0.25, 0.3) is 0 Å². The van der Waals surface area contributed by atoms with Crippen LogP contribution in [0.1, 0.15) is 6.92 Å². The van der Waals surface area contributed by atoms with Crippen LogP contribution in [0.5, 0.6) is 0 Å². The quantitative estimate of drug-likeness (QED) is 0.798. The fraction of sp³-hybridized carbons (Fsp3) is 0.444. The molecule has 1 atom stereocenters. The maximum absolute atomic E-state index is 4.31. The summed E-state index contributed by atoms with van der Waals surface area (Å²) in [6, 6.07) is 4.46. The number of anilines is 1. The van der Waals surface area contributed by atoms with Crippen LogP contribution in [0, 0.1) is 0 Å². The summed E-state index contributed by atoms with van der Waals surface area (Å²) in [6.07, 6.45) is 1.81. The second-order valence-electron chi connectivity index (χ2n) is 2.95. The van der Waals surface area contributed by atoms with Gasteiger partial charge in [-0.25, -0.2) is 4.98 Å². The van der Waals surface area contributed by atoms with E-state index in [2.05, 4.69) is 48.7 Å². The molecular formula is C9H12Br2N2. The van der Waals surface area contributed by atoms with Gasteiger partial charge in [0.1, 0.15) is 5.82 Å². The van der Waals surface area contributed by atoms with Gasteiger partial charge in [0.2, 0.25) is 0 Å². The normalized spacial score (nSPS) is 12.6. The summed E-state index contributed by atoms with van der Waals surface area (Å²) in [5.41, 5.74) is 0. The highest BCUT2D eigenvalue weighted by molar-refractivity contribution is 9.10. The van der Waals surface area contributed by atoms with Crippen molar-refractivity contribution in [3.05, 3.63) is 22.8 Å². The lowest BCUT2D eigenvalue weighted by Gasteiger charge is -2.24. The molecule has 72 valence electrons. The first-order chi connectivity index (χ1) is 6.15. The van der Waals surface area contributed by atoms with Gasteiger partial charge in [-0.15, -0.1) is 0 Å². The SMILES string of the molecule is CC(CBr)N(C)c1ccc(Br)cn1. The molecule has 0 bridgehead atoms. The molecule has 0 saturated heterocycles. The van der Waals surface area contributed by atoms with Crippen LogP contribution >= 0.6 is 31.9 Å². The first-order valence-electron chi connectivity index (χ1n) is 4.05. The second kappa shape index (κ2) is 4.96. The fourth-order valence-electron chi connectivity index (χ4n) is 0.906. The van der Waals surface area contributed by atoms with E-state index in [0.29, 0.717) is 6.04 Å². The second-order valence-corrected chi connectivity index (χ2v) is 4.51. The van der Waals surface area contributed by atoms with E-state index in [4.69, 9.17) is 0 Å². The number of hydrogen-bond donors (Lipinski definition) is 0. The van der Waals surface area contributed by atoms with E-state index in [1.807, 2.05) is 25.4 Å². The Labute approximate surface area is 95.6 Å². The Balaban J connectivity index is 2.77. The summed E-state index contributed by atoms with van der Waals surface area (Å²) in [6.45, 7) is 2.15. The first-order valence-corrected chi connectivity index (χ1v) is 5.97. The summed E-state index contributed by atoms with van der Waals surface area (Å²) in [5, 5.41) is 0.946. The van der Waals surface area contributed by atoms with Gasteiger partial charge in [0.05, 0.1) is 0 Å². The van der Waals surface area contributed by atoms with Gasteiger partial charge in [0.25, 0.3) is 0 Å². The maximum Gasteiger partial charge on any atom is 0.128 e. The first kappa shape index (κ1) is 11.0. The van der Waals surface area contributed by atoms with Gasteiger partial charge in [-0.3, -0.25) is 0 Å². The lowest BCUT2D eigenvalue weighted by atomic mass is 10.3. The molecular weight excluding hydrogens is 296 g/mol. The topological polar surface area (TPSA) is 16.1 Å². The van der Waals surface area contributed by atoms with Crippen molar-refractivity contribution in [1.82, 2.24) is 4.98 Å². The minimum absolute atomic E-state index is 0.452.